The Balaban J connectivity index is 3.89. The summed E-state index contributed by atoms with van der Waals surface area (Å²) in [5.74, 6) is -1.15. The average molecular weight is 159 g/mol. The van der Waals surface area contributed by atoms with Crippen LogP contribution < -0.4 is 0 Å². The van der Waals surface area contributed by atoms with Gasteiger partial charge in [0.1, 0.15) is 6.54 Å². The molecule has 0 aromatic heterocycles. The summed E-state index contributed by atoms with van der Waals surface area (Å²) in [6.45, 7) is 3.60. The monoisotopic (exact) mass is 159 g/mol. The van der Waals surface area contributed by atoms with Gasteiger partial charge in [-0.05, 0) is 6.42 Å². The first kappa shape index (κ1) is 9.94. The summed E-state index contributed by atoms with van der Waals surface area (Å²) < 4.78 is 0. The summed E-state index contributed by atoms with van der Waals surface area (Å²) in [6.07, 6.45) is 0.785. The predicted octanol–water partition coefficient (Wildman–Crippen LogP) is 0.329. The van der Waals surface area contributed by atoms with E-state index in [1.54, 1.807) is 0 Å². The van der Waals surface area contributed by atoms with E-state index in [2.05, 4.69) is 0 Å². The van der Waals surface area contributed by atoms with E-state index in [-0.39, 0.29) is 12.5 Å². The molecule has 0 spiro atoms. The third kappa shape index (κ3) is 4.36. The molecule has 0 unspecified atom stereocenters. The Kier molecular flexibility index (Phi) is 4.26. The number of carboxylic acid groups (broad SMARTS) is 1. The first-order valence-electron chi connectivity index (χ1n) is 3.55. The molecule has 0 saturated heterocycles. The Hall–Kier alpha value is -1.06. The Labute approximate surface area is 65.8 Å². The number of nitrogens with zero attached hydrogens (tertiary/aromatic N) is 1. The van der Waals surface area contributed by atoms with Crippen LogP contribution >= 0.6 is 0 Å². The third-order valence-corrected chi connectivity index (χ3v) is 1.26. The van der Waals surface area contributed by atoms with E-state index in [0.29, 0.717) is 6.54 Å². The zero-order valence-corrected chi connectivity index (χ0v) is 6.83. The lowest BCUT2D eigenvalue weighted by Crippen LogP contribution is -2.34. The van der Waals surface area contributed by atoms with Gasteiger partial charge in [0.05, 0.1) is 0 Å². The van der Waals surface area contributed by atoms with Crippen LogP contribution in [0, 0.1) is 0 Å². The molecule has 0 atom stereocenters. The van der Waals surface area contributed by atoms with Gasteiger partial charge in [0.25, 0.3) is 0 Å². The summed E-state index contributed by atoms with van der Waals surface area (Å²) >= 11 is 0. The first-order chi connectivity index (χ1) is 5.07. The van der Waals surface area contributed by atoms with Crippen LogP contribution in [0.2, 0.25) is 0 Å². The highest BCUT2D eigenvalue weighted by molar-refractivity contribution is 5.79. The Morgan fingerprint density at radius 1 is 1.45 bits per heavy atom. The normalized spacial score (nSPS) is 9.27. The minimum atomic E-state index is -0.964. The Morgan fingerprint density at radius 2 is 2.00 bits per heavy atom. The van der Waals surface area contributed by atoms with E-state index in [0.717, 1.165) is 6.42 Å². The maximum Gasteiger partial charge on any atom is 0.323 e. The van der Waals surface area contributed by atoms with Crippen LogP contribution in [0.5, 0.6) is 0 Å². The van der Waals surface area contributed by atoms with E-state index >= 15 is 0 Å². The minimum Gasteiger partial charge on any atom is -0.480 e. The topological polar surface area (TPSA) is 57.6 Å². The van der Waals surface area contributed by atoms with Crippen LogP contribution in [0.1, 0.15) is 20.3 Å². The molecule has 11 heavy (non-hydrogen) atoms. The number of aliphatic carboxylic acids is 1. The van der Waals surface area contributed by atoms with Gasteiger partial charge in [-0.3, -0.25) is 9.59 Å². The van der Waals surface area contributed by atoms with E-state index in [9.17, 15) is 9.59 Å². The molecule has 1 N–H and O–H groups in total. The van der Waals surface area contributed by atoms with Crippen LogP contribution in [-0.4, -0.2) is 35.0 Å². The molecule has 1 amide bonds. The molecule has 0 aliphatic carbocycles. The number of rotatable bonds is 4. The number of hydrogen-bond acceptors (Lipinski definition) is 2. The van der Waals surface area contributed by atoms with Crippen LogP contribution in [0.3, 0.4) is 0 Å². The van der Waals surface area contributed by atoms with Gasteiger partial charge in [-0.15, -0.1) is 0 Å². The lowest BCUT2D eigenvalue weighted by Gasteiger charge is -2.16. The van der Waals surface area contributed by atoms with Gasteiger partial charge >= 0.3 is 5.97 Å². The molecule has 0 radical (unpaired) electrons. The summed E-state index contributed by atoms with van der Waals surface area (Å²) in [5.41, 5.74) is 0. The van der Waals surface area contributed by atoms with Crippen LogP contribution in [0.15, 0.2) is 0 Å². The van der Waals surface area contributed by atoms with Gasteiger partial charge in [-0.25, -0.2) is 0 Å². The molecule has 4 nitrogen and oxygen atoms in total. The van der Waals surface area contributed by atoms with Crippen molar-refractivity contribution in [1.29, 1.82) is 0 Å². The molecule has 0 saturated carbocycles. The van der Waals surface area contributed by atoms with E-state index < -0.39 is 5.97 Å². The van der Waals surface area contributed by atoms with Gasteiger partial charge in [-0.2, -0.15) is 0 Å². The fourth-order valence-electron chi connectivity index (χ4n) is 0.781. The fraction of sp³-hybridized carbons (Fsp3) is 0.714. The highest BCUT2D eigenvalue weighted by Crippen LogP contribution is 1.91. The van der Waals surface area contributed by atoms with Crippen molar-refractivity contribution in [2.45, 2.75) is 20.3 Å². The number of carbonyl (C=O) groups excluding carboxylic acids is 1. The molecule has 0 fully saturated rings. The van der Waals surface area contributed by atoms with Crippen molar-refractivity contribution in [2.75, 3.05) is 13.1 Å². The Morgan fingerprint density at radius 3 is 2.27 bits per heavy atom. The molecule has 64 valence electrons. The lowest BCUT2D eigenvalue weighted by molar-refractivity contribution is -0.143. The van der Waals surface area contributed by atoms with Crippen molar-refractivity contribution in [3.63, 3.8) is 0 Å². The van der Waals surface area contributed by atoms with Crippen molar-refractivity contribution in [3.8, 4) is 0 Å². The minimum absolute atomic E-state index is 0.186. The third-order valence-electron chi connectivity index (χ3n) is 1.26. The van der Waals surface area contributed by atoms with Crippen molar-refractivity contribution in [3.05, 3.63) is 0 Å². The van der Waals surface area contributed by atoms with E-state index in [4.69, 9.17) is 5.11 Å². The second-order valence-electron chi connectivity index (χ2n) is 2.33. The quantitative estimate of drug-likeness (QED) is 0.643. The van der Waals surface area contributed by atoms with Gasteiger partial charge in [0.15, 0.2) is 0 Å². The van der Waals surface area contributed by atoms with Crippen LogP contribution in [-0.2, 0) is 9.59 Å². The zero-order chi connectivity index (χ0) is 8.85. The lowest BCUT2D eigenvalue weighted by atomic mass is 10.4. The van der Waals surface area contributed by atoms with Gasteiger partial charge in [0.2, 0.25) is 5.91 Å². The van der Waals surface area contributed by atoms with Crippen molar-refractivity contribution in [1.82, 2.24) is 4.90 Å². The molecule has 0 aromatic carbocycles. The summed E-state index contributed by atoms with van der Waals surface area (Å²) in [6, 6.07) is 0. The summed E-state index contributed by atoms with van der Waals surface area (Å²) in [5, 5.41) is 8.37. The summed E-state index contributed by atoms with van der Waals surface area (Å²) in [4.78, 5) is 22.2. The van der Waals surface area contributed by atoms with Gasteiger partial charge in [-0.1, -0.05) is 6.92 Å². The molecule has 0 heterocycles. The number of carboxylic acids is 1. The zero-order valence-electron chi connectivity index (χ0n) is 6.83. The fourth-order valence-corrected chi connectivity index (χ4v) is 0.781. The first-order valence-corrected chi connectivity index (χ1v) is 3.55. The molecular formula is C7H13NO3. The molecule has 4 heteroatoms. The largest absolute Gasteiger partial charge is 0.480 e. The van der Waals surface area contributed by atoms with Crippen LogP contribution in [0.4, 0.5) is 0 Å². The van der Waals surface area contributed by atoms with E-state index in [1.807, 2.05) is 6.92 Å². The smallest absolute Gasteiger partial charge is 0.323 e. The maximum absolute atomic E-state index is 10.7. The van der Waals surface area contributed by atoms with Gasteiger partial charge in [0, 0.05) is 13.5 Å². The van der Waals surface area contributed by atoms with Crippen molar-refractivity contribution < 1.29 is 14.7 Å². The predicted molar refractivity (Wildman–Crippen MR) is 40.2 cm³/mol. The second kappa shape index (κ2) is 4.71. The molecule has 0 aromatic rings. The van der Waals surface area contributed by atoms with Crippen molar-refractivity contribution in [2.24, 2.45) is 0 Å². The second-order valence-corrected chi connectivity index (χ2v) is 2.33. The molecule has 0 aliphatic rings. The number of amides is 1. The van der Waals surface area contributed by atoms with Crippen LogP contribution in [0.25, 0.3) is 0 Å². The molecule has 0 rings (SSSR count). The SMILES string of the molecule is CCCN(CC(=O)O)C(C)=O. The highest BCUT2D eigenvalue weighted by Gasteiger charge is 2.10. The summed E-state index contributed by atoms with van der Waals surface area (Å²) in [7, 11) is 0. The average Bonchev–Trinajstić information content (AvgIpc) is 1.86. The highest BCUT2D eigenvalue weighted by atomic mass is 16.4. The number of hydrogen-bond donors (Lipinski definition) is 1. The standard InChI is InChI=1S/C7H13NO3/c1-3-4-8(6(2)9)5-7(10)11/h3-5H2,1-2H3,(H,10,11). The Bertz CT molecular complexity index is 156. The van der Waals surface area contributed by atoms with Crippen molar-refractivity contribution >= 4 is 11.9 Å². The molecule has 0 bridgehead atoms. The molecular weight excluding hydrogens is 146 g/mol. The van der Waals surface area contributed by atoms with Gasteiger partial charge < -0.3 is 10.0 Å². The number of carbonyl (C=O) groups is 2. The maximum atomic E-state index is 10.7. The van der Waals surface area contributed by atoms with E-state index in [1.165, 1.54) is 11.8 Å². The molecule has 0 aliphatic heterocycles.